The summed E-state index contributed by atoms with van der Waals surface area (Å²) in [5.74, 6) is -0.448. The van der Waals surface area contributed by atoms with Gasteiger partial charge in [0, 0.05) is 16.4 Å². The van der Waals surface area contributed by atoms with E-state index in [4.69, 9.17) is 16.7 Å². The normalized spacial score (nSPS) is 11.0. The van der Waals surface area contributed by atoms with Crippen molar-refractivity contribution >= 4 is 61.4 Å². The van der Waals surface area contributed by atoms with Gasteiger partial charge in [-0.3, -0.25) is 10.1 Å². The van der Waals surface area contributed by atoms with E-state index in [0.717, 1.165) is 11.3 Å². The van der Waals surface area contributed by atoms with Crippen LogP contribution in [0.4, 0.5) is 21.3 Å². The van der Waals surface area contributed by atoms with Crippen LogP contribution in [0.2, 0.25) is 5.02 Å². The van der Waals surface area contributed by atoms with Gasteiger partial charge >= 0.3 is 6.03 Å². The predicted molar refractivity (Wildman–Crippen MR) is 117 cm³/mol. The Labute approximate surface area is 181 Å². The highest BCUT2D eigenvalue weighted by atomic mass is 35.5. The maximum absolute atomic E-state index is 12.5. The van der Waals surface area contributed by atoms with Crippen LogP contribution < -0.4 is 21.1 Å². The third-order valence-corrected chi connectivity index (χ3v) is 5.98. The zero-order valence-electron chi connectivity index (χ0n) is 15.5. The number of nitrogens with one attached hydrogen (secondary N) is 3. The van der Waals surface area contributed by atoms with Crippen LogP contribution in [0.5, 0.6) is 0 Å². The fourth-order valence-corrected chi connectivity index (χ4v) is 3.96. The average Bonchev–Trinajstić information content (AvgIpc) is 3.01. The number of hydrogen-bond donors (Lipinski definition) is 4. The first-order valence-electron chi connectivity index (χ1n) is 8.37. The van der Waals surface area contributed by atoms with E-state index in [2.05, 4.69) is 20.9 Å². The summed E-state index contributed by atoms with van der Waals surface area (Å²) in [6, 6.07) is 11.5. The van der Waals surface area contributed by atoms with Gasteiger partial charge in [0.15, 0.2) is 5.13 Å². The summed E-state index contributed by atoms with van der Waals surface area (Å²) >= 11 is 6.88. The molecule has 9 nitrogen and oxygen atoms in total. The van der Waals surface area contributed by atoms with Crippen LogP contribution >= 0.6 is 22.9 Å². The van der Waals surface area contributed by atoms with Crippen molar-refractivity contribution in [1.82, 2.24) is 4.98 Å². The highest BCUT2D eigenvalue weighted by Crippen LogP contribution is 2.24. The Kier molecular flexibility index (Phi) is 6.37. The van der Waals surface area contributed by atoms with E-state index < -0.39 is 22.0 Å². The van der Waals surface area contributed by atoms with E-state index in [1.165, 1.54) is 24.3 Å². The van der Waals surface area contributed by atoms with E-state index >= 15 is 0 Å². The molecule has 0 aliphatic carbocycles. The molecule has 12 heteroatoms. The molecule has 0 aliphatic rings. The first-order chi connectivity index (χ1) is 14.1. The van der Waals surface area contributed by atoms with Crippen LogP contribution in [0.25, 0.3) is 0 Å². The molecule has 156 valence electrons. The number of aryl methyl sites for hydroxylation is 1. The molecule has 3 amide bonds. The molecule has 0 saturated heterocycles. The molecule has 0 radical (unpaired) electrons. The number of benzene rings is 2. The van der Waals surface area contributed by atoms with Crippen LogP contribution in [-0.2, 0) is 10.0 Å². The number of sulfonamides is 1. The number of carbonyl (C=O) groups is 2. The highest BCUT2D eigenvalue weighted by molar-refractivity contribution is 7.89. The second-order valence-corrected chi connectivity index (χ2v) is 9.04. The molecule has 0 spiro atoms. The molecule has 1 heterocycles. The van der Waals surface area contributed by atoms with Gasteiger partial charge in [-0.05, 0) is 49.4 Å². The standard InChI is InChI=1S/C18H16ClN5O4S2/c1-10-15(16(25)22-12-5-7-14(8-6-12)30(20,27)28)29-18(21-10)24-17(26)23-13-4-2-3-11(19)9-13/h2-9H,1H3,(H,22,25)(H2,20,27,28)(H2,21,23,24,26). The number of hydrogen-bond acceptors (Lipinski definition) is 6. The number of nitrogens with two attached hydrogens (primary N) is 1. The van der Waals surface area contributed by atoms with E-state index in [0.29, 0.717) is 27.0 Å². The van der Waals surface area contributed by atoms with Gasteiger partial charge in [0.25, 0.3) is 5.91 Å². The average molecular weight is 466 g/mol. The smallest absolute Gasteiger partial charge is 0.321 e. The van der Waals surface area contributed by atoms with Crippen LogP contribution in [0.3, 0.4) is 0 Å². The number of thiazole rings is 1. The Hall–Kier alpha value is -2.99. The van der Waals surface area contributed by atoms with E-state index in [1.807, 2.05) is 0 Å². The maximum atomic E-state index is 12.5. The molecule has 0 bridgehead atoms. The number of halogens is 1. The third-order valence-electron chi connectivity index (χ3n) is 3.75. The minimum Gasteiger partial charge on any atom is -0.321 e. The number of urea groups is 1. The number of anilines is 3. The third kappa shape index (κ3) is 5.54. The van der Waals surface area contributed by atoms with E-state index in [1.54, 1.807) is 31.2 Å². The van der Waals surface area contributed by atoms with Crippen molar-refractivity contribution in [3.8, 4) is 0 Å². The Morgan fingerprint density at radius 3 is 2.37 bits per heavy atom. The summed E-state index contributed by atoms with van der Waals surface area (Å²) in [7, 11) is -3.81. The number of primary sulfonamides is 1. The van der Waals surface area contributed by atoms with Crippen LogP contribution in [0, 0.1) is 6.92 Å². The predicted octanol–water partition coefficient (Wildman–Crippen LogP) is 3.65. The lowest BCUT2D eigenvalue weighted by Crippen LogP contribution is -2.19. The number of carbonyl (C=O) groups excluding carboxylic acids is 2. The van der Waals surface area contributed by atoms with Crippen molar-refractivity contribution in [2.24, 2.45) is 5.14 Å². The summed E-state index contributed by atoms with van der Waals surface area (Å²) in [6.07, 6.45) is 0. The molecule has 0 fully saturated rings. The van der Waals surface area contributed by atoms with Crippen molar-refractivity contribution < 1.29 is 18.0 Å². The Morgan fingerprint density at radius 2 is 1.73 bits per heavy atom. The van der Waals surface area contributed by atoms with E-state index in [-0.39, 0.29) is 10.0 Å². The number of amides is 3. The van der Waals surface area contributed by atoms with Crippen LogP contribution in [0.15, 0.2) is 53.4 Å². The molecular weight excluding hydrogens is 450 g/mol. The van der Waals surface area contributed by atoms with Crippen molar-refractivity contribution in [3.05, 3.63) is 64.1 Å². The van der Waals surface area contributed by atoms with Gasteiger partial charge in [-0.1, -0.05) is 29.0 Å². The molecule has 0 aliphatic heterocycles. The second kappa shape index (κ2) is 8.79. The van der Waals surface area contributed by atoms with Crippen LogP contribution in [0.1, 0.15) is 15.4 Å². The Bertz CT molecular complexity index is 1210. The van der Waals surface area contributed by atoms with Crippen LogP contribution in [-0.4, -0.2) is 25.3 Å². The lowest BCUT2D eigenvalue weighted by Gasteiger charge is -2.05. The number of aromatic nitrogens is 1. The molecule has 0 atom stereocenters. The highest BCUT2D eigenvalue weighted by Gasteiger charge is 2.17. The van der Waals surface area contributed by atoms with Gasteiger partial charge in [-0.15, -0.1) is 0 Å². The molecule has 0 unspecified atom stereocenters. The van der Waals surface area contributed by atoms with Crippen molar-refractivity contribution in [2.45, 2.75) is 11.8 Å². The molecule has 3 aromatic rings. The van der Waals surface area contributed by atoms with Crippen molar-refractivity contribution in [3.63, 3.8) is 0 Å². The monoisotopic (exact) mass is 465 g/mol. The Balaban J connectivity index is 1.66. The largest absolute Gasteiger partial charge is 0.325 e. The van der Waals surface area contributed by atoms with Gasteiger partial charge in [0.2, 0.25) is 10.0 Å². The zero-order chi connectivity index (χ0) is 21.9. The van der Waals surface area contributed by atoms with Gasteiger partial charge in [-0.25, -0.2) is 23.3 Å². The van der Waals surface area contributed by atoms with E-state index in [9.17, 15) is 18.0 Å². The molecular formula is C18H16ClN5O4S2. The van der Waals surface area contributed by atoms with Gasteiger partial charge in [0.05, 0.1) is 10.6 Å². The first-order valence-corrected chi connectivity index (χ1v) is 11.1. The molecule has 2 aromatic carbocycles. The molecule has 5 N–H and O–H groups in total. The van der Waals surface area contributed by atoms with Crippen molar-refractivity contribution in [1.29, 1.82) is 0 Å². The summed E-state index contributed by atoms with van der Waals surface area (Å²) in [6.45, 7) is 1.63. The topological polar surface area (TPSA) is 143 Å². The summed E-state index contributed by atoms with van der Waals surface area (Å²) in [5, 5.41) is 13.6. The quantitative estimate of drug-likeness (QED) is 0.454. The Morgan fingerprint density at radius 1 is 1.03 bits per heavy atom. The molecule has 0 saturated carbocycles. The minimum absolute atomic E-state index is 0.0633. The summed E-state index contributed by atoms with van der Waals surface area (Å²) in [5.41, 5.74) is 1.32. The molecule has 3 rings (SSSR count). The fraction of sp³-hybridized carbons (Fsp3) is 0.0556. The summed E-state index contributed by atoms with van der Waals surface area (Å²) < 4.78 is 22.6. The molecule has 30 heavy (non-hydrogen) atoms. The first kappa shape index (κ1) is 21.7. The number of rotatable bonds is 5. The molecule has 1 aromatic heterocycles. The summed E-state index contributed by atoms with van der Waals surface area (Å²) in [4.78, 5) is 29.1. The van der Waals surface area contributed by atoms with Crippen molar-refractivity contribution in [2.75, 3.05) is 16.0 Å². The lowest BCUT2D eigenvalue weighted by atomic mass is 10.3. The second-order valence-electron chi connectivity index (χ2n) is 6.05. The fourth-order valence-electron chi connectivity index (χ4n) is 2.40. The zero-order valence-corrected chi connectivity index (χ0v) is 17.9. The van der Waals surface area contributed by atoms with Gasteiger partial charge in [0.1, 0.15) is 4.88 Å². The van der Waals surface area contributed by atoms with Gasteiger partial charge < -0.3 is 10.6 Å². The SMILES string of the molecule is Cc1nc(NC(=O)Nc2cccc(Cl)c2)sc1C(=O)Nc1ccc(S(N)(=O)=O)cc1. The maximum Gasteiger partial charge on any atom is 0.325 e. The lowest BCUT2D eigenvalue weighted by molar-refractivity contribution is 0.102. The van der Waals surface area contributed by atoms with Gasteiger partial charge in [-0.2, -0.15) is 0 Å². The number of nitrogens with zero attached hydrogens (tertiary/aromatic N) is 1. The minimum atomic E-state index is -3.81.